The third-order valence-electron chi connectivity index (χ3n) is 2.97. The van der Waals surface area contributed by atoms with Crippen molar-refractivity contribution in [3.05, 3.63) is 34.9 Å². The number of halogens is 1. The smallest absolute Gasteiger partial charge is 0.174 e. The van der Waals surface area contributed by atoms with Crippen molar-refractivity contribution < 1.29 is 4.39 Å². The SMILES string of the molecule is CCNC(C)c1cc(F)c(C)cc1Sc1nc(C)ns1. The van der Waals surface area contributed by atoms with E-state index in [0.717, 1.165) is 27.2 Å². The van der Waals surface area contributed by atoms with Gasteiger partial charge in [0.15, 0.2) is 4.34 Å². The fourth-order valence-corrected chi connectivity index (χ4v) is 3.84. The van der Waals surface area contributed by atoms with Gasteiger partial charge in [0.1, 0.15) is 11.6 Å². The van der Waals surface area contributed by atoms with Gasteiger partial charge in [0, 0.05) is 10.9 Å². The van der Waals surface area contributed by atoms with Gasteiger partial charge in [-0.1, -0.05) is 18.7 Å². The normalized spacial score (nSPS) is 12.7. The van der Waals surface area contributed by atoms with Crippen molar-refractivity contribution in [3.8, 4) is 0 Å². The van der Waals surface area contributed by atoms with Crippen LogP contribution in [-0.2, 0) is 0 Å². The molecule has 0 saturated carbocycles. The van der Waals surface area contributed by atoms with E-state index in [1.807, 2.05) is 26.8 Å². The van der Waals surface area contributed by atoms with E-state index in [4.69, 9.17) is 0 Å². The molecular formula is C14H18FN3S2. The van der Waals surface area contributed by atoms with E-state index in [-0.39, 0.29) is 11.9 Å². The van der Waals surface area contributed by atoms with Crippen molar-refractivity contribution in [2.24, 2.45) is 0 Å². The van der Waals surface area contributed by atoms with Gasteiger partial charge in [-0.05, 0) is 62.1 Å². The fraction of sp³-hybridized carbons (Fsp3) is 0.429. The highest BCUT2D eigenvalue weighted by molar-refractivity contribution is 8.01. The average Bonchev–Trinajstić information content (AvgIpc) is 2.79. The maximum absolute atomic E-state index is 13.8. The molecule has 1 aromatic carbocycles. The van der Waals surface area contributed by atoms with E-state index in [1.165, 1.54) is 11.5 Å². The van der Waals surface area contributed by atoms with Crippen LogP contribution >= 0.6 is 23.3 Å². The van der Waals surface area contributed by atoms with Crippen LogP contribution < -0.4 is 5.32 Å². The molecule has 0 aliphatic carbocycles. The third-order valence-corrected chi connectivity index (χ3v) is 4.89. The van der Waals surface area contributed by atoms with Gasteiger partial charge in [-0.3, -0.25) is 0 Å². The van der Waals surface area contributed by atoms with Gasteiger partial charge >= 0.3 is 0 Å². The lowest BCUT2D eigenvalue weighted by atomic mass is 10.1. The van der Waals surface area contributed by atoms with Crippen molar-refractivity contribution in [2.75, 3.05) is 6.54 Å². The molecule has 1 heterocycles. The highest BCUT2D eigenvalue weighted by Crippen LogP contribution is 2.35. The number of nitrogens with one attached hydrogen (secondary N) is 1. The van der Waals surface area contributed by atoms with E-state index in [2.05, 4.69) is 14.7 Å². The minimum atomic E-state index is -0.164. The first-order chi connectivity index (χ1) is 9.51. The maximum atomic E-state index is 13.8. The summed E-state index contributed by atoms with van der Waals surface area (Å²) in [7, 11) is 0. The Morgan fingerprint density at radius 3 is 2.75 bits per heavy atom. The zero-order valence-corrected chi connectivity index (χ0v) is 13.7. The molecule has 0 amide bonds. The van der Waals surface area contributed by atoms with Crippen LogP contribution in [-0.4, -0.2) is 15.9 Å². The Labute approximate surface area is 127 Å². The Balaban J connectivity index is 2.36. The molecule has 0 aliphatic heterocycles. The van der Waals surface area contributed by atoms with E-state index >= 15 is 0 Å². The van der Waals surface area contributed by atoms with Crippen LogP contribution in [0.3, 0.4) is 0 Å². The summed E-state index contributed by atoms with van der Waals surface area (Å²) in [6, 6.07) is 3.62. The first kappa shape index (κ1) is 15.4. The van der Waals surface area contributed by atoms with E-state index in [1.54, 1.807) is 24.8 Å². The van der Waals surface area contributed by atoms with Gasteiger partial charge in [-0.2, -0.15) is 4.37 Å². The molecule has 2 aromatic rings. The molecule has 0 fully saturated rings. The molecule has 108 valence electrons. The van der Waals surface area contributed by atoms with Crippen molar-refractivity contribution in [1.29, 1.82) is 0 Å². The molecule has 1 atom stereocenters. The molecule has 0 spiro atoms. The summed E-state index contributed by atoms with van der Waals surface area (Å²) in [5, 5.41) is 3.33. The van der Waals surface area contributed by atoms with Gasteiger partial charge in [0.05, 0.1) is 0 Å². The lowest BCUT2D eigenvalue weighted by Gasteiger charge is -2.17. The first-order valence-electron chi connectivity index (χ1n) is 6.52. The van der Waals surface area contributed by atoms with Gasteiger partial charge in [-0.15, -0.1) is 0 Å². The van der Waals surface area contributed by atoms with Crippen LogP contribution in [0.4, 0.5) is 4.39 Å². The molecule has 1 aromatic heterocycles. The second kappa shape index (κ2) is 6.65. The highest BCUT2D eigenvalue weighted by atomic mass is 32.2. The summed E-state index contributed by atoms with van der Waals surface area (Å²) < 4.78 is 18.9. The van der Waals surface area contributed by atoms with Crippen molar-refractivity contribution in [2.45, 2.75) is 43.0 Å². The number of hydrogen-bond donors (Lipinski definition) is 1. The Morgan fingerprint density at radius 2 is 2.15 bits per heavy atom. The summed E-state index contributed by atoms with van der Waals surface area (Å²) >= 11 is 2.93. The predicted molar refractivity (Wildman–Crippen MR) is 82.0 cm³/mol. The topological polar surface area (TPSA) is 37.8 Å². The van der Waals surface area contributed by atoms with Crippen LogP contribution in [0.1, 0.15) is 36.8 Å². The van der Waals surface area contributed by atoms with Gasteiger partial charge < -0.3 is 5.32 Å². The van der Waals surface area contributed by atoms with Crippen LogP contribution in [0, 0.1) is 19.7 Å². The van der Waals surface area contributed by atoms with Gasteiger partial charge in [0.2, 0.25) is 0 Å². The quantitative estimate of drug-likeness (QED) is 0.901. The lowest BCUT2D eigenvalue weighted by Crippen LogP contribution is -2.18. The molecule has 1 N–H and O–H groups in total. The number of aromatic nitrogens is 2. The van der Waals surface area contributed by atoms with E-state index < -0.39 is 0 Å². The number of rotatable bonds is 5. The molecule has 0 saturated heterocycles. The van der Waals surface area contributed by atoms with Crippen LogP contribution in [0.2, 0.25) is 0 Å². The van der Waals surface area contributed by atoms with Gasteiger partial charge in [-0.25, -0.2) is 9.37 Å². The minimum Gasteiger partial charge on any atom is -0.310 e. The highest BCUT2D eigenvalue weighted by Gasteiger charge is 2.15. The van der Waals surface area contributed by atoms with Crippen LogP contribution in [0.15, 0.2) is 21.4 Å². The van der Waals surface area contributed by atoms with E-state index in [0.29, 0.717) is 5.56 Å². The largest absolute Gasteiger partial charge is 0.310 e. The van der Waals surface area contributed by atoms with Crippen molar-refractivity contribution in [3.63, 3.8) is 0 Å². The van der Waals surface area contributed by atoms with Gasteiger partial charge in [0.25, 0.3) is 0 Å². The summed E-state index contributed by atoms with van der Waals surface area (Å²) in [5.41, 5.74) is 1.62. The number of nitrogens with zero attached hydrogens (tertiary/aromatic N) is 2. The monoisotopic (exact) mass is 311 g/mol. The Hall–Kier alpha value is -0.980. The summed E-state index contributed by atoms with van der Waals surface area (Å²) in [5.74, 6) is 0.611. The Kier molecular flexibility index (Phi) is 5.12. The van der Waals surface area contributed by atoms with Crippen LogP contribution in [0.5, 0.6) is 0 Å². The zero-order chi connectivity index (χ0) is 14.7. The molecule has 3 nitrogen and oxygen atoms in total. The third kappa shape index (κ3) is 3.56. The molecule has 6 heteroatoms. The molecule has 0 aliphatic rings. The molecule has 1 unspecified atom stereocenters. The second-order valence-corrected chi connectivity index (χ2v) is 6.67. The summed E-state index contributed by atoms with van der Waals surface area (Å²) in [4.78, 5) is 5.40. The maximum Gasteiger partial charge on any atom is 0.174 e. The second-order valence-electron chi connectivity index (χ2n) is 4.63. The Bertz CT molecular complexity index is 598. The zero-order valence-electron chi connectivity index (χ0n) is 12.0. The van der Waals surface area contributed by atoms with E-state index in [9.17, 15) is 4.39 Å². The Morgan fingerprint density at radius 1 is 1.40 bits per heavy atom. The summed E-state index contributed by atoms with van der Waals surface area (Å²) in [6.45, 7) is 8.59. The number of hydrogen-bond acceptors (Lipinski definition) is 5. The lowest BCUT2D eigenvalue weighted by molar-refractivity contribution is 0.571. The van der Waals surface area contributed by atoms with Crippen molar-refractivity contribution in [1.82, 2.24) is 14.7 Å². The average molecular weight is 311 g/mol. The number of benzene rings is 1. The molecule has 2 rings (SSSR count). The fourth-order valence-electron chi connectivity index (χ4n) is 1.93. The van der Waals surface area contributed by atoms with Crippen molar-refractivity contribution >= 4 is 23.3 Å². The first-order valence-corrected chi connectivity index (χ1v) is 8.11. The van der Waals surface area contributed by atoms with Crippen LogP contribution in [0.25, 0.3) is 0 Å². The molecule has 0 radical (unpaired) electrons. The minimum absolute atomic E-state index is 0.103. The molecular weight excluding hydrogens is 293 g/mol. The predicted octanol–water partition coefficient (Wildman–Crippen LogP) is 4.12. The molecule has 20 heavy (non-hydrogen) atoms. The molecule has 0 bridgehead atoms. The standard InChI is InChI=1S/C14H18FN3S2/c1-5-16-9(3)11-7-12(15)8(2)6-13(11)19-14-17-10(4)18-20-14/h6-7,9,16H,5H2,1-4H3. The summed E-state index contributed by atoms with van der Waals surface area (Å²) in [6.07, 6.45) is 0. The number of aryl methyl sites for hydroxylation is 2.